The van der Waals surface area contributed by atoms with Crippen LogP contribution in [0.4, 0.5) is 23.5 Å². The normalized spacial score (nSPS) is 24.8. The standard InChI is InChI=1S/C41H39F4N7O4/c42-28-18-47-39(48-19-28)51-10-8-29(9-11-51)56-30-6-7-31-33(22-52(34(31)17-30)21-23-4-2-1-3-5-23)36-46-20-32(35(49-36)41(43,44)45)37(53)50-40(38(54)55)26-13-24-12-25(15-26)16-27(40)14-24/h1-7,17-20,22,24-27,29H,8-16,21H2,(H,50,53)(H,54,55). The number of hydrogen-bond donors (Lipinski definition) is 2. The molecule has 4 saturated carbocycles. The summed E-state index contributed by atoms with van der Waals surface area (Å²) >= 11 is 0. The highest BCUT2D eigenvalue weighted by atomic mass is 19.4. The highest BCUT2D eigenvalue weighted by molar-refractivity contribution is 6.00. The molecule has 15 heteroatoms. The first kappa shape index (κ1) is 36.1. The van der Waals surface area contributed by atoms with Gasteiger partial charge in [0.05, 0.1) is 23.5 Å². The molecule has 290 valence electrons. The minimum atomic E-state index is -5.04. The van der Waals surface area contributed by atoms with Gasteiger partial charge in [-0.1, -0.05) is 30.3 Å². The molecule has 2 aromatic carbocycles. The quantitative estimate of drug-likeness (QED) is 0.150. The molecule has 0 unspecified atom stereocenters. The minimum Gasteiger partial charge on any atom is -0.490 e. The molecule has 56 heavy (non-hydrogen) atoms. The zero-order chi connectivity index (χ0) is 38.8. The van der Waals surface area contributed by atoms with Crippen molar-refractivity contribution >= 4 is 28.7 Å². The fourth-order valence-electron chi connectivity index (χ4n) is 9.95. The first-order chi connectivity index (χ1) is 26.9. The molecule has 5 aromatic rings. The van der Waals surface area contributed by atoms with E-state index in [9.17, 15) is 32.3 Å². The van der Waals surface area contributed by atoms with Crippen molar-refractivity contribution in [3.8, 4) is 17.1 Å². The van der Waals surface area contributed by atoms with Gasteiger partial charge in [-0.2, -0.15) is 13.2 Å². The molecule has 5 aliphatic rings. The van der Waals surface area contributed by atoms with E-state index in [4.69, 9.17) is 4.74 Å². The number of piperidine rings is 1. The maximum Gasteiger partial charge on any atom is 0.434 e. The molecule has 10 rings (SSSR count). The number of carboxylic acids is 1. The molecule has 4 bridgehead atoms. The van der Waals surface area contributed by atoms with E-state index >= 15 is 0 Å². The van der Waals surface area contributed by atoms with Crippen LogP contribution in [-0.4, -0.2) is 66.2 Å². The summed E-state index contributed by atoms with van der Waals surface area (Å²) in [4.78, 5) is 45.1. The number of ether oxygens (including phenoxy) is 1. The maximum absolute atomic E-state index is 14.8. The first-order valence-electron chi connectivity index (χ1n) is 19.0. The lowest BCUT2D eigenvalue weighted by Crippen LogP contribution is -2.70. The highest BCUT2D eigenvalue weighted by Crippen LogP contribution is 2.58. The monoisotopic (exact) mass is 769 g/mol. The van der Waals surface area contributed by atoms with Gasteiger partial charge in [-0.3, -0.25) is 4.79 Å². The predicted octanol–water partition coefficient (Wildman–Crippen LogP) is 7.15. The van der Waals surface area contributed by atoms with Crippen LogP contribution in [0.5, 0.6) is 5.75 Å². The molecule has 3 aromatic heterocycles. The number of benzene rings is 2. The van der Waals surface area contributed by atoms with Crippen molar-refractivity contribution in [2.75, 3.05) is 18.0 Å². The minimum absolute atomic E-state index is 0.128. The molecule has 0 atom stereocenters. The van der Waals surface area contributed by atoms with E-state index in [2.05, 4.69) is 25.3 Å². The summed E-state index contributed by atoms with van der Waals surface area (Å²) in [7, 11) is 0. The molecular weight excluding hydrogens is 730 g/mol. The van der Waals surface area contributed by atoms with E-state index in [-0.39, 0.29) is 23.8 Å². The van der Waals surface area contributed by atoms with Gasteiger partial charge in [-0.05, 0) is 73.5 Å². The molecule has 4 aliphatic carbocycles. The molecule has 0 radical (unpaired) electrons. The van der Waals surface area contributed by atoms with Crippen LogP contribution in [-0.2, 0) is 17.5 Å². The van der Waals surface area contributed by atoms with E-state index in [1.54, 1.807) is 18.3 Å². The van der Waals surface area contributed by atoms with Crippen molar-refractivity contribution in [2.24, 2.45) is 23.7 Å². The average molecular weight is 770 g/mol. The number of nitrogens with zero attached hydrogens (tertiary/aromatic N) is 6. The number of aliphatic carboxylic acids is 1. The van der Waals surface area contributed by atoms with Gasteiger partial charge in [0.15, 0.2) is 17.3 Å². The molecule has 0 spiro atoms. The van der Waals surface area contributed by atoms with Gasteiger partial charge in [0.25, 0.3) is 5.91 Å². The largest absolute Gasteiger partial charge is 0.490 e. The highest BCUT2D eigenvalue weighted by Gasteiger charge is 2.62. The Morgan fingerprint density at radius 1 is 0.911 bits per heavy atom. The van der Waals surface area contributed by atoms with Gasteiger partial charge >= 0.3 is 12.1 Å². The summed E-state index contributed by atoms with van der Waals surface area (Å²) in [5.41, 5.74) is -1.90. The number of amides is 1. The molecular formula is C41H39F4N7O4. The Morgan fingerprint density at radius 2 is 1.59 bits per heavy atom. The number of hydrogen-bond acceptors (Lipinski definition) is 8. The summed E-state index contributed by atoms with van der Waals surface area (Å²) in [6.07, 6.45) is 4.58. The number of halogens is 4. The second kappa shape index (κ2) is 13.9. The molecule has 1 amide bonds. The lowest BCUT2D eigenvalue weighted by atomic mass is 9.48. The number of aromatic nitrogens is 5. The Morgan fingerprint density at radius 3 is 2.23 bits per heavy atom. The van der Waals surface area contributed by atoms with Crippen molar-refractivity contribution in [3.05, 3.63) is 96.0 Å². The number of carbonyl (C=O) groups excluding carboxylic acids is 1. The van der Waals surface area contributed by atoms with Gasteiger partial charge in [0.1, 0.15) is 17.4 Å². The van der Waals surface area contributed by atoms with Gasteiger partial charge in [0.2, 0.25) is 5.95 Å². The first-order valence-corrected chi connectivity index (χ1v) is 19.0. The SMILES string of the molecule is O=C(NC1(C(=O)O)C2CC3CC(C2)CC1C3)c1cnc(-c2cn(Cc3ccccc3)c3cc(OC4CCN(c5ncc(F)cn5)CC4)ccc23)nc1C(F)(F)F. The fraction of sp³-hybridized carbons (Fsp3) is 0.415. The molecule has 5 fully saturated rings. The van der Waals surface area contributed by atoms with E-state index in [1.165, 1.54) is 0 Å². The third-order valence-corrected chi connectivity index (χ3v) is 12.3. The zero-order valence-electron chi connectivity index (χ0n) is 30.3. The lowest BCUT2D eigenvalue weighted by molar-refractivity contribution is -0.163. The van der Waals surface area contributed by atoms with E-state index in [1.807, 2.05) is 45.9 Å². The van der Waals surface area contributed by atoms with Crippen LogP contribution in [0.25, 0.3) is 22.3 Å². The second-order valence-electron chi connectivity index (χ2n) is 15.7. The predicted molar refractivity (Wildman–Crippen MR) is 196 cm³/mol. The Balaban J connectivity index is 1.02. The Bertz CT molecular complexity index is 2260. The van der Waals surface area contributed by atoms with Crippen molar-refractivity contribution in [2.45, 2.75) is 69.3 Å². The van der Waals surface area contributed by atoms with Crippen molar-refractivity contribution < 1.29 is 37.0 Å². The van der Waals surface area contributed by atoms with Crippen LogP contribution in [0, 0.1) is 29.5 Å². The maximum atomic E-state index is 14.8. The smallest absolute Gasteiger partial charge is 0.434 e. The number of fused-ring (bicyclic) bond motifs is 1. The molecule has 2 N–H and O–H groups in total. The number of rotatable bonds is 9. The summed E-state index contributed by atoms with van der Waals surface area (Å²) < 4.78 is 66.1. The number of anilines is 1. The number of alkyl halides is 3. The van der Waals surface area contributed by atoms with Crippen LogP contribution in [0.1, 0.15) is 66.6 Å². The second-order valence-corrected chi connectivity index (χ2v) is 15.7. The van der Waals surface area contributed by atoms with Gasteiger partial charge in [-0.15, -0.1) is 0 Å². The Hall–Kier alpha value is -5.60. The average Bonchev–Trinajstić information content (AvgIpc) is 3.53. The van der Waals surface area contributed by atoms with E-state index < -0.39 is 40.7 Å². The molecule has 4 heterocycles. The van der Waals surface area contributed by atoms with E-state index in [0.29, 0.717) is 98.2 Å². The summed E-state index contributed by atoms with van der Waals surface area (Å²) in [6.45, 7) is 1.61. The van der Waals surface area contributed by atoms with E-state index in [0.717, 1.165) is 30.6 Å². The zero-order valence-corrected chi connectivity index (χ0v) is 30.3. The third kappa shape index (κ3) is 6.49. The lowest BCUT2D eigenvalue weighted by Gasteiger charge is -2.59. The number of carbonyl (C=O) groups is 2. The Kier molecular flexibility index (Phi) is 8.92. The van der Waals surface area contributed by atoms with Crippen molar-refractivity contribution in [1.82, 2.24) is 29.8 Å². The van der Waals surface area contributed by atoms with Crippen LogP contribution in [0.3, 0.4) is 0 Å². The summed E-state index contributed by atoms with van der Waals surface area (Å²) in [6, 6.07) is 15.0. The van der Waals surface area contributed by atoms with Gasteiger partial charge in [-0.25, -0.2) is 29.1 Å². The van der Waals surface area contributed by atoms with Gasteiger partial charge < -0.3 is 24.6 Å². The van der Waals surface area contributed by atoms with Crippen LogP contribution in [0.15, 0.2) is 73.3 Å². The molecule has 1 aliphatic heterocycles. The number of carboxylic acid groups (broad SMARTS) is 1. The molecule has 11 nitrogen and oxygen atoms in total. The van der Waals surface area contributed by atoms with Crippen LogP contribution >= 0.6 is 0 Å². The topological polar surface area (TPSA) is 135 Å². The number of nitrogens with one attached hydrogen (secondary N) is 1. The van der Waals surface area contributed by atoms with Gasteiger partial charge in [0, 0.05) is 61.9 Å². The van der Waals surface area contributed by atoms with Crippen molar-refractivity contribution in [3.63, 3.8) is 0 Å². The van der Waals surface area contributed by atoms with Crippen LogP contribution < -0.4 is 15.0 Å². The summed E-state index contributed by atoms with van der Waals surface area (Å²) in [5.74, 6) is -1.97. The van der Waals surface area contributed by atoms with Crippen molar-refractivity contribution in [1.29, 1.82) is 0 Å². The molecule has 1 saturated heterocycles. The third-order valence-electron chi connectivity index (χ3n) is 12.3. The van der Waals surface area contributed by atoms with Crippen LogP contribution in [0.2, 0.25) is 0 Å². The summed E-state index contributed by atoms with van der Waals surface area (Å²) in [5, 5.41) is 13.7. The fourth-order valence-corrected chi connectivity index (χ4v) is 9.95. The Labute approximate surface area is 319 Å².